The van der Waals surface area contributed by atoms with Crippen LogP contribution in [0.25, 0.3) is 0 Å². The van der Waals surface area contributed by atoms with Gasteiger partial charge in [0.15, 0.2) is 0 Å². The van der Waals surface area contributed by atoms with Crippen LogP contribution >= 0.6 is 0 Å². The molecule has 1 saturated heterocycles. The lowest BCUT2D eigenvalue weighted by molar-refractivity contribution is 0.197. The van der Waals surface area contributed by atoms with E-state index in [-0.39, 0.29) is 6.03 Å². The lowest BCUT2D eigenvalue weighted by atomic mass is 10.1. The molecule has 0 bridgehead atoms. The van der Waals surface area contributed by atoms with Gasteiger partial charge in [0, 0.05) is 31.0 Å². The zero-order valence-electron chi connectivity index (χ0n) is 12.3. The van der Waals surface area contributed by atoms with Gasteiger partial charge >= 0.3 is 6.03 Å². The van der Waals surface area contributed by atoms with E-state index in [1.165, 1.54) is 6.33 Å². The van der Waals surface area contributed by atoms with Crippen molar-refractivity contribution in [1.29, 1.82) is 0 Å². The van der Waals surface area contributed by atoms with Gasteiger partial charge in [-0.05, 0) is 31.0 Å². The zero-order valence-corrected chi connectivity index (χ0v) is 12.3. The van der Waals surface area contributed by atoms with E-state index in [0.29, 0.717) is 6.04 Å². The number of piperidine rings is 1. The van der Waals surface area contributed by atoms with Gasteiger partial charge in [-0.3, -0.25) is 0 Å². The summed E-state index contributed by atoms with van der Waals surface area (Å²) in [6.45, 7) is 1.48. The van der Waals surface area contributed by atoms with Gasteiger partial charge in [-0.2, -0.15) is 0 Å². The molecule has 3 rings (SSSR count). The molecule has 6 heteroatoms. The van der Waals surface area contributed by atoms with Crippen LogP contribution in [-0.4, -0.2) is 40.0 Å². The molecule has 1 fully saturated rings. The summed E-state index contributed by atoms with van der Waals surface area (Å²) in [6.07, 6.45) is 5.07. The number of hydrogen-bond donors (Lipinski definition) is 2. The number of carbonyl (C=O) groups excluding carboxylic acids is 1. The van der Waals surface area contributed by atoms with E-state index in [2.05, 4.69) is 20.6 Å². The number of anilines is 2. The third-order valence-corrected chi connectivity index (χ3v) is 3.74. The molecular weight excluding hydrogens is 278 g/mol. The molecule has 2 amide bonds. The Bertz CT molecular complexity index is 596. The van der Waals surface area contributed by atoms with E-state index >= 15 is 0 Å². The maximum Gasteiger partial charge on any atom is 0.321 e. The largest absolute Gasteiger partial charge is 0.367 e. The Kier molecular flexibility index (Phi) is 4.48. The monoisotopic (exact) mass is 297 g/mol. The van der Waals surface area contributed by atoms with Gasteiger partial charge in [0.05, 0.1) is 0 Å². The van der Waals surface area contributed by atoms with Crippen LogP contribution in [0.15, 0.2) is 48.9 Å². The molecule has 2 N–H and O–H groups in total. The van der Waals surface area contributed by atoms with Crippen molar-refractivity contribution >= 4 is 17.5 Å². The van der Waals surface area contributed by atoms with Crippen molar-refractivity contribution in [3.63, 3.8) is 0 Å². The fourth-order valence-electron chi connectivity index (χ4n) is 2.54. The first-order valence-electron chi connectivity index (χ1n) is 7.45. The number of hydrogen-bond acceptors (Lipinski definition) is 4. The van der Waals surface area contributed by atoms with E-state index in [1.54, 1.807) is 6.20 Å². The normalized spacial score (nSPS) is 15.4. The average molecular weight is 297 g/mol. The molecule has 0 unspecified atom stereocenters. The quantitative estimate of drug-likeness (QED) is 0.913. The summed E-state index contributed by atoms with van der Waals surface area (Å²) in [5.41, 5.74) is 0.828. The summed E-state index contributed by atoms with van der Waals surface area (Å²) in [5, 5.41) is 6.30. The predicted molar refractivity (Wildman–Crippen MR) is 85.7 cm³/mol. The predicted octanol–water partition coefficient (Wildman–Crippen LogP) is 2.59. The Balaban J connectivity index is 1.48. The second kappa shape index (κ2) is 6.89. The second-order valence-electron chi connectivity index (χ2n) is 5.30. The van der Waals surface area contributed by atoms with Gasteiger partial charge < -0.3 is 15.5 Å². The molecule has 0 aliphatic carbocycles. The maximum absolute atomic E-state index is 12.2. The SMILES string of the molecule is O=C(Nc1ccccc1)N1CCC(Nc2ccncn2)CC1. The van der Waals surface area contributed by atoms with E-state index < -0.39 is 0 Å². The number of para-hydroxylation sites is 1. The number of likely N-dealkylation sites (tertiary alicyclic amines) is 1. The summed E-state index contributed by atoms with van der Waals surface area (Å²) in [4.78, 5) is 22.1. The van der Waals surface area contributed by atoms with Gasteiger partial charge in [0.2, 0.25) is 0 Å². The van der Waals surface area contributed by atoms with Gasteiger partial charge in [0.1, 0.15) is 12.1 Å². The highest BCUT2D eigenvalue weighted by atomic mass is 16.2. The standard InChI is InChI=1S/C16H19N5O/c22-16(20-13-4-2-1-3-5-13)21-10-7-14(8-11-21)19-15-6-9-17-12-18-15/h1-6,9,12,14H,7-8,10-11H2,(H,20,22)(H,17,18,19). The molecule has 0 radical (unpaired) electrons. The smallest absolute Gasteiger partial charge is 0.321 e. The first-order chi connectivity index (χ1) is 10.8. The fourth-order valence-corrected chi connectivity index (χ4v) is 2.54. The summed E-state index contributed by atoms with van der Waals surface area (Å²) in [7, 11) is 0. The molecule has 1 aliphatic heterocycles. The molecule has 2 aromatic rings. The van der Waals surface area contributed by atoms with Crippen LogP contribution in [0.2, 0.25) is 0 Å². The topological polar surface area (TPSA) is 70.2 Å². The Morgan fingerprint density at radius 2 is 1.91 bits per heavy atom. The molecule has 0 saturated carbocycles. The van der Waals surface area contributed by atoms with Crippen molar-refractivity contribution in [3.05, 3.63) is 48.9 Å². The first-order valence-corrected chi connectivity index (χ1v) is 7.45. The molecule has 2 heterocycles. The van der Waals surface area contributed by atoms with Crippen LogP contribution in [0, 0.1) is 0 Å². The molecule has 1 aliphatic rings. The number of urea groups is 1. The highest BCUT2D eigenvalue weighted by Gasteiger charge is 2.22. The Hall–Kier alpha value is -2.63. The highest BCUT2D eigenvalue weighted by molar-refractivity contribution is 5.89. The summed E-state index contributed by atoms with van der Waals surface area (Å²) >= 11 is 0. The van der Waals surface area contributed by atoms with E-state index in [0.717, 1.165) is 37.4 Å². The Morgan fingerprint density at radius 3 is 2.59 bits per heavy atom. The highest BCUT2D eigenvalue weighted by Crippen LogP contribution is 2.16. The third kappa shape index (κ3) is 3.72. The lowest BCUT2D eigenvalue weighted by Crippen LogP contribution is -2.44. The van der Waals surface area contributed by atoms with Crippen LogP contribution in [0.3, 0.4) is 0 Å². The van der Waals surface area contributed by atoms with E-state index in [9.17, 15) is 4.79 Å². The van der Waals surface area contributed by atoms with Gasteiger partial charge in [-0.1, -0.05) is 18.2 Å². The minimum atomic E-state index is -0.0355. The molecule has 114 valence electrons. The van der Waals surface area contributed by atoms with Crippen LogP contribution in [-0.2, 0) is 0 Å². The van der Waals surface area contributed by atoms with Crippen molar-refractivity contribution in [1.82, 2.24) is 14.9 Å². The first kappa shape index (κ1) is 14.3. The molecule has 22 heavy (non-hydrogen) atoms. The number of aromatic nitrogens is 2. The Morgan fingerprint density at radius 1 is 1.14 bits per heavy atom. The van der Waals surface area contributed by atoms with Crippen LogP contribution in [0.1, 0.15) is 12.8 Å². The minimum absolute atomic E-state index is 0.0355. The van der Waals surface area contributed by atoms with Crippen molar-refractivity contribution in [3.8, 4) is 0 Å². The average Bonchev–Trinajstić information content (AvgIpc) is 2.57. The number of carbonyl (C=O) groups is 1. The van der Waals surface area contributed by atoms with E-state index in [1.807, 2.05) is 41.3 Å². The number of benzene rings is 1. The number of nitrogens with zero attached hydrogens (tertiary/aromatic N) is 3. The van der Waals surface area contributed by atoms with Crippen LogP contribution in [0.4, 0.5) is 16.3 Å². The van der Waals surface area contributed by atoms with Crippen molar-refractivity contribution in [2.75, 3.05) is 23.7 Å². The molecule has 0 spiro atoms. The Labute approximate surface area is 129 Å². The summed E-state index contributed by atoms with van der Waals surface area (Å²) in [5.74, 6) is 0.835. The maximum atomic E-state index is 12.2. The molecule has 1 aromatic heterocycles. The molecule has 0 atom stereocenters. The van der Waals surface area contributed by atoms with Gasteiger partial charge in [-0.15, -0.1) is 0 Å². The number of nitrogens with one attached hydrogen (secondary N) is 2. The minimum Gasteiger partial charge on any atom is -0.367 e. The zero-order chi connectivity index (χ0) is 15.2. The third-order valence-electron chi connectivity index (χ3n) is 3.74. The number of amides is 2. The molecule has 6 nitrogen and oxygen atoms in total. The van der Waals surface area contributed by atoms with Gasteiger partial charge in [0.25, 0.3) is 0 Å². The fraction of sp³-hybridized carbons (Fsp3) is 0.312. The van der Waals surface area contributed by atoms with Crippen molar-refractivity contribution in [2.45, 2.75) is 18.9 Å². The lowest BCUT2D eigenvalue weighted by Gasteiger charge is -2.32. The summed E-state index contributed by atoms with van der Waals surface area (Å²) in [6, 6.07) is 11.7. The molecule has 1 aromatic carbocycles. The van der Waals surface area contributed by atoms with Crippen LogP contribution in [0.5, 0.6) is 0 Å². The second-order valence-corrected chi connectivity index (χ2v) is 5.30. The summed E-state index contributed by atoms with van der Waals surface area (Å²) < 4.78 is 0. The molecular formula is C16H19N5O. The van der Waals surface area contributed by atoms with Crippen molar-refractivity contribution < 1.29 is 4.79 Å². The van der Waals surface area contributed by atoms with E-state index in [4.69, 9.17) is 0 Å². The van der Waals surface area contributed by atoms with Gasteiger partial charge in [-0.25, -0.2) is 14.8 Å². The van der Waals surface area contributed by atoms with Crippen LogP contribution < -0.4 is 10.6 Å². The number of rotatable bonds is 3. The van der Waals surface area contributed by atoms with Crippen molar-refractivity contribution in [2.24, 2.45) is 0 Å².